The third-order valence-electron chi connectivity index (χ3n) is 2.58. The molecule has 4 nitrogen and oxygen atoms in total. The van der Waals surface area contributed by atoms with Crippen LogP contribution >= 0.6 is 0 Å². The lowest BCUT2D eigenvalue weighted by Gasteiger charge is -2.02. The molecule has 1 aromatic carbocycles. The molecule has 0 spiro atoms. The molecular weight excluding hydrogens is 230 g/mol. The summed E-state index contributed by atoms with van der Waals surface area (Å²) in [6.07, 6.45) is 0.682. The van der Waals surface area contributed by atoms with Gasteiger partial charge in [-0.1, -0.05) is 30.0 Å². The minimum absolute atomic E-state index is 0.0617. The normalized spacial score (nSPS) is 11.7. The number of aromatic amines is 1. The minimum Gasteiger partial charge on any atom is -0.467 e. The number of carbonyl (C=O) groups excluding carboxylic acids is 1. The lowest BCUT2D eigenvalue weighted by molar-refractivity contribution is -0.150. The second kappa shape index (κ2) is 5.39. The number of esters is 1. The summed E-state index contributed by atoms with van der Waals surface area (Å²) in [4.78, 5) is 14.1. The number of methoxy groups -OCH3 is 1. The summed E-state index contributed by atoms with van der Waals surface area (Å²) in [5, 5.41) is 10.4. The van der Waals surface area contributed by atoms with Crippen molar-refractivity contribution in [3.05, 3.63) is 36.0 Å². The monoisotopic (exact) mass is 243 g/mol. The largest absolute Gasteiger partial charge is 0.467 e. The lowest BCUT2D eigenvalue weighted by Crippen LogP contribution is -2.20. The summed E-state index contributed by atoms with van der Waals surface area (Å²) >= 11 is 0. The first-order chi connectivity index (χ1) is 8.72. The quantitative estimate of drug-likeness (QED) is 0.619. The fraction of sp³-hybridized carbons (Fsp3) is 0.214. The predicted octanol–water partition coefficient (Wildman–Crippen LogP) is 1.44. The van der Waals surface area contributed by atoms with E-state index in [0.29, 0.717) is 0 Å². The van der Waals surface area contributed by atoms with Crippen molar-refractivity contribution < 1.29 is 14.6 Å². The fourth-order valence-corrected chi connectivity index (χ4v) is 1.64. The Kier molecular flexibility index (Phi) is 3.66. The van der Waals surface area contributed by atoms with E-state index in [4.69, 9.17) is 0 Å². The molecule has 1 unspecified atom stereocenters. The van der Waals surface area contributed by atoms with Crippen LogP contribution in [0.25, 0.3) is 10.9 Å². The Hall–Kier alpha value is -2.25. The lowest BCUT2D eigenvalue weighted by atomic mass is 10.1. The van der Waals surface area contributed by atoms with E-state index >= 15 is 0 Å². The van der Waals surface area contributed by atoms with Crippen LogP contribution in [0.3, 0.4) is 0 Å². The van der Waals surface area contributed by atoms with Gasteiger partial charge in [0.2, 0.25) is 0 Å². The van der Waals surface area contributed by atoms with Crippen molar-refractivity contribution in [3.63, 3.8) is 0 Å². The van der Waals surface area contributed by atoms with Crippen molar-refractivity contribution in [1.82, 2.24) is 4.98 Å². The molecule has 0 fully saturated rings. The summed E-state index contributed by atoms with van der Waals surface area (Å²) in [7, 11) is 1.23. The van der Waals surface area contributed by atoms with Gasteiger partial charge in [0, 0.05) is 29.1 Å². The zero-order valence-electron chi connectivity index (χ0n) is 9.93. The Morgan fingerprint density at radius 3 is 3.06 bits per heavy atom. The Labute approximate surface area is 105 Å². The Morgan fingerprint density at radius 1 is 1.50 bits per heavy atom. The highest BCUT2D eigenvalue weighted by molar-refractivity contribution is 5.85. The topological polar surface area (TPSA) is 62.3 Å². The summed E-state index contributed by atoms with van der Waals surface area (Å²) in [6.45, 7) is 0. The molecule has 0 aliphatic heterocycles. The number of H-pyrrole nitrogens is 1. The maximum atomic E-state index is 11.0. The molecule has 0 amide bonds. The third kappa shape index (κ3) is 2.53. The number of hydrogen-bond donors (Lipinski definition) is 2. The molecule has 92 valence electrons. The first-order valence-corrected chi connectivity index (χ1v) is 5.53. The molecule has 2 N–H and O–H groups in total. The predicted molar refractivity (Wildman–Crippen MR) is 67.8 cm³/mol. The first kappa shape index (κ1) is 12.2. The van der Waals surface area contributed by atoms with Gasteiger partial charge in [-0.25, -0.2) is 4.79 Å². The third-order valence-corrected chi connectivity index (χ3v) is 2.58. The molecule has 2 rings (SSSR count). The Morgan fingerprint density at radius 2 is 2.28 bits per heavy atom. The fourth-order valence-electron chi connectivity index (χ4n) is 1.64. The Balaban J connectivity index is 2.13. The van der Waals surface area contributed by atoms with E-state index < -0.39 is 12.1 Å². The van der Waals surface area contributed by atoms with Crippen LogP contribution in [0, 0.1) is 11.8 Å². The van der Waals surface area contributed by atoms with Crippen LogP contribution in [0.5, 0.6) is 0 Å². The molecule has 4 heteroatoms. The molecule has 1 heterocycles. The number of hydrogen-bond acceptors (Lipinski definition) is 3. The highest BCUT2D eigenvalue weighted by Crippen LogP contribution is 2.16. The number of fused-ring (bicyclic) bond motifs is 1. The molecule has 0 radical (unpaired) electrons. The van der Waals surface area contributed by atoms with E-state index in [0.717, 1.165) is 16.5 Å². The van der Waals surface area contributed by atoms with Crippen molar-refractivity contribution in [2.45, 2.75) is 12.5 Å². The van der Waals surface area contributed by atoms with Gasteiger partial charge < -0.3 is 14.8 Å². The zero-order chi connectivity index (χ0) is 13.0. The van der Waals surface area contributed by atoms with Crippen molar-refractivity contribution in [2.24, 2.45) is 0 Å². The summed E-state index contributed by atoms with van der Waals surface area (Å²) < 4.78 is 4.41. The standard InChI is InChI=1S/C14H13NO3/c1-18-14(17)13(16)8-4-5-10-9-15-12-7-3-2-6-11(10)12/h2-3,6-7,9,13,15-16H,8H2,1H3. The van der Waals surface area contributed by atoms with E-state index in [-0.39, 0.29) is 6.42 Å². The molecule has 2 aromatic rings. The maximum absolute atomic E-state index is 11.0. The van der Waals surface area contributed by atoms with Gasteiger partial charge in [0.15, 0.2) is 6.10 Å². The van der Waals surface area contributed by atoms with E-state index in [9.17, 15) is 9.90 Å². The van der Waals surface area contributed by atoms with Gasteiger partial charge in [0.05, 0.1) is 7.11 Å². The summed E-state index contributed by atoms with van der Waals surface area (Å²) in [5.41, 5.74) is 1.86. The Bertz CT molecular complexity index is 618. The van der Waals surface area contributed by atoms with Crippen molar-refractivity contribution >= 4 is 16.9 Å². The van der Waals surface area contributed by atoms with Crippen LogP contribution in [0.1, 0.15) is 12.0 Å². The maximum Gasteiger partial charge on any atom is 0.335 e. The number of carbonyl (C=O) groups is 1. The number of benzene rings is 1. The number of aromatic nitrogens is 1. The highest BCUT2D eigenvalue weighted by atomic mass is 16.5. The number of ether oxygens (including phenoxy) is 1. The van der Waals surface area contributed by atoms with Gasteiger partial charge in [-0.05, 0) is 6.07 Å². The van der Waals surface area contributed by atoms with Gasteiger partial charge in [-0.3, -0.25) is 0 Å². The van der Waals surface area contributed by atoms with E-state index in [1.54, 1.807) is 0 Å². The van der Waals surface area contributed by atoms with Gasteiger partial charge in [-0.15, -0.1) is 0 Å². The van der Waals surface area contributed by atoms with Crippen LogP contribution in [0.15, 0.2) is 30.5 Å². The highest BCUT2D eigenvalue weighted by Gasteiger charge is 2.12. The van der Waals surface area contributed by atoms with Gasteiger partial charge in [0.25, 0.3) is 0 Å². The summed E-state index contributed by atoms with van der Waals surface area (Å²) in [5.74, 6) is 5.04. The molecule has 0 saturated carbocycles. The van der Waals surface area contributed by atoms with Crippen LogP contribution in [-0.2, 0) is 9.53 Å². The number of para-hydroxylation sites is 1. The minimum atomic E-state index is -1.19. The number of nitrogens with one attached hydrogen (secondary N) is 1. The van der Waals surface area contributed by atoms with Crippen LogP contribution in [0.2, 0.25) is 0 Å². The molecular formula is C14H13NO3. The average molecular weight is 243 g/mol. The van der Waals surface area contributed by atoms with E-state index in [2.05, 4.69) is 21.6 Å². The van der Waals surface area contributed by atoms with Gasteiger partial charge in [-0.2, -0.15) is 0 Å². The van der Waals surface area contributed by atoms with Crippen molar-refractivity contribution in [2.75, 3.05) is 7.11 Å². The average Bonchev–Trinajstić information content (AvgIpc) is 2.81. The van der Waals surface area contributed by atoms with E-state index in [1.807, 2.05) is 30.5 Å². The molecule has 1 aromatic heterocycles. The zero-order valence-corrected chi connectivity index (χ0v) is 9.93. The number of aliphatic hydroxyl groups excluding tert-OH is 1. The second-order valence-electron chi connectivity index (χ2n) is 3.79. The number of rotatable bonds is 2. The molecule has 0 saturated heterocycles. The van der Waals surface area contributed by atoms with Crippen molar-refractivity contribution in [3.8, 4) is 11.8 Å². The van der Waals surface area contributed by atoms with Gasteiger partial charge >= 0.3 is 5.97 Å². The molecule has 0 bridgehead atoms. The smallest absolute Gasteiger partial charge is 0.335 e. The van der Waals surface area contributed by atoms with Gasteiger partial charge in [0.1, 0.15) is 0 Å². The molecule has 18 heavy (non-hydrogen) atoms. The van der Waals surface area contributed by atoms with Crippen LogP contribution in [0.4, 0.5) is 0 Å². The van der Waals surface area contributed by atoms with Crippen LogP contribution in [-0.4, -0.2) is 29.3 Å². The van der Waals surface area contributed by atoms with E-state index in [1.165, 1.54) is 7.11 Å². The second-order valence-corrected chi connectivity index (χ2v) is 3.79. The SMILES string of the molecule is COC(=O)C(O)CC#Cc1c[nH]c2ccccc12. The summed E-state index contributed by atoms with van der Waals surface area (Å²) in [6, 6.07) is 7.80. The van der Waals surface area contributed by atoms with Crippen molar-refractivity contribution in [1.29, 1.82) is 0 Å². The molecule has 1 atom stereocenters. The molecule has 0 aliphatic carbocycles. The number of aliphatic hydroxyl groups is 1. The molecule has 0 aliphatic rings. The first-order valence-electron chi connectivity index (χ1n) is 5.53. The van der Waals surface area contributed by atoms with Crippen LogP contribution < -0.4 is 0 Å².